The fourth-order valence-corrected chi connectivity index (χ4v) is 2.53. The molecule has 2 rings (SSSR count). The minimum Gasteiger partial charge on any atom is -0.481 e. The van der Waals surface area contributed by atoms with Gasteiger partial charge in [0, 0.05) is 6.54 Å². The summed E-state index contributed by atoms with van der Waals surface area (Å²) in [5, 5.41) is 12.0. The Balaban J connectivity index is 2.01. The first-order chi connectivity index (χ1) is 12.4. The molecule has 2 unspecified atom stereocenters. The number of hydrogen-bond donors (Lipinski definition) is 2. The van der Waals surface area contributed by atoms with Crippen molar-refractivity contribution in [2.45, 2.75) is 32.3 Å². The number of halogens is 1. The average molecular weight is 359 g/mol. The van der Waals surface area contributed by atoms with Crippen LogP contribution in [0.15, 0.2) is 48.5 Å². The maximum atomic E-state index is 13.0. The summed E-state index contributed by atoms with van der Waals surface area (Å²) < 4.78 is 18.7. The topological polar surface area (TPSA) is 75.6 Å². The van der Waals surface area contributed by atoms with E-state index in [4.69, 9.17) is 4.74 Å². The molecule has 2 aromatic carbocycles. The molecule has 2 aromatic rings. The van der Waals surface area contributed by atoms with Gasteiger partial charge in [0.15, 0.2) is 6.10 Å². The molecule has 0 radical (unpaired) electrons. The number of nitrogens with one attached hydrogen (secondary N) is 1. The molecule has 2 atom stereocenters. The summed E-state index contributed by atoms with van der Waals surface area (Å²) in [6, 6.07) is 12.6. The highest BCUT2D eigenvalue weighted by Gasteiger charge is 2.24. The predicted octanol–water partition coefficient (Wildman–Crippen LogP) is 3.28. The van der Waals surface area contributed by atoms with Gasteiger partial charge in [-0.1, -0.05) is 31.2 Å². The number of rotatable bonds is 8. The van der Waals surface area contributed by atoms with E-state index in [0.717, 1.165) is 5.56 Å². The SMILES string of the molecule is CCC(Oc1cccc(C)c1)C(=O)NCC(C(=O)O)c1ccc(F)cc1. The number of aryl methyl sites for hydroxylation is 1. The van der Waals surface area contributed by atoms with Crippen LogP contribution in [0.3, 0.4) is 0 Å². The monoisotopic (exact) mass is 359 g/mol. The number of carboxylic acids is 1. The summed E-state index contributed by atoms with van der Waals surface area (Å²) in [4.78, 5) is 23.9. The first-order valence-electron chi connectivity index (χ1n) is 8.40. The molecule has 5 nitrogen and oxygen atoms in total. The Kier molecular flexibility index (Phi) is 6.72. The van der Waals surface area contributed by atoms with E-state index in [1.807, 2.05) is 32.0 Å². The quantitative estimate of drug-likeness (QED) is 0.758. The zero-order chi connectivity index (χ0) is 19.1. The van der Waals surface area contributed by atoms with Crippen molar-refractivity contribution < 1.29 is 23.8 Å². The Labute approximate surface area is 151 Å². The molecule has 0 aliphatic rings. The van der Waals surface area contributed by atoms with Crippen LogP contribution in [0.25, 0.3) is 0 Å². The Hall–Kier alpha value is -2.89. The van der Waals surface area contributed by atoms with Crippen LogP contribution in [0.4, 0.5) is 4.39 Å². The predicted molar refractivity (Wildman–Crippen MR) is 95.7 cm³/mol. The van der Waals surface area contributed by atoms with Crippen molar-refractivity contribution in [2.24, 2.45) is 0 Å². The van der Waals surface area contributed by atoms with E-state index in [-0.39, 0.29) is 12.5 Å². The molecule has 0 fully saturated rings. The largest absolute Gasteiger partial charge is 0.481 e. The summed E-state index contributed by atoms with van der Waals surface area (Å²) in [5.74, 6) is -2.30. The lowest BCUT2D eigenvalue weighted by atomic mass is 9.99. The van der Waals surface area contributed by atoms with Crippen molar-refractivity contribution in [3.05, 3.63) is 65.5 Å². The number of carbonyl (C=O) groups is 2. The molecular formula is C20H22FNO4. The number of carbonyl (C=O) groups excluding carboxylic acids is 1. The molecule has 0 saturated heterocycles. The zero-order valence-electron chi connectivity index (χ0n) is 14.7. The number of amides is 1. The van der Waals surface area contributed by atoms with E-state index in [2.05, 4.69) is 5.32 Å². The maximum Gasteiger partial charge on any atom is 0.312 e. The fourth-order valence-electron chi connectivity index (χ4n) is 2.53. The van der Waals surface area contributed by atoms with Gasteiger partial charge in [0.25, 0.3) is 5.91 Å². The normalized spacial score (nSPS) is 12.9. The van der Waals surface area contributed by atoms with Crippen molar-refractivity contribution in [3.8, 4) is 5.75 Å². The van der Waals surface area contributed by atoms with E-state index in [1.165, 1.54) is 24.3 Å². The number of hydrogen-bond acceptors (Lipinski definition) is 3. The van der Waals surface area contributed by atoms with Crippen molar-refractivity contribution in [1.82, 2.24) is 5.32 Å². The molecule has 1 amide bonds. The molecule has 0 spiro atoms. The van der Waals surface area contributed by atoms with E-state index >= 15 is 0 Å². The first-order valence-corrected chi connectivity index (χ1v) is 8.40. The highest BCUT2D eigenvalue weighted by Crippen LogP contribution is 2.18. The van der Waals surface area contributed by atoms with Crippen LogP contribution < -0.4 is 10.1 Å². The van der Waals surface area contributed by atoms with Gasteiger partial charge in [-0.15, -0.1) is 0 Å². The molecule has 2 N–H and O–H groups in total. The minimum atomic E-state index is -1.09. The highest BCUT2D eigenvalue weighted by molar-refractivity contribution is 5.83. The molecule has 0 saturated carbocycles. The summed E-state index contributed by atoms with van der Waals surface area (Å²) in [7, 11) is 0. The van der Waals surface area contributed by atoms with Gasteiger partial charge in [0.2, 0.25) is 0 Å². The number of carboxylic acid groups (broad SMARTS) is 1. The van der Waals surface area contributed by atoms with Crippen LogP contribution in [-0.4, -0.2) is 29.6 Å². The summed E-state index contributed by atoms with van der Waals surface area (Å²) in [6.07, 6.45) is -0.284. The number of benzene rings is 2. The van der Waals surface area contributed by atoms with Gasteiger partial charge < -0.3 is 15.2 Å². The molecule has 0 aliphatic carbocycles. The van der Waals surface area contributed by atoms with E-state index in [1.54, 1.807) is 6.07 Å². The van der Waals surface area contributed by atoms with Crippen molar-refractivity contribution in [2.75, 3.05) is 6.54 Å². The maximum absolute atomic E-state index is 13.0. The van der Waals surface area contributed by atoms with E-state index in [0.29, 0.717) is 17.7 Å². The van der Waals surface area contributed by atoms with Crippen LogP contribution in [0.5, 0.6) is 5.75 Å². The van der Waals surface area contributed by atoms with Gasteiger partial charge in [-0.2, -0.15) is 0 Å². The third-order valence-corrected chi connectivity index (χ3v) is 3.98. The lowest BCUT2D eigenvalue weighted by Crippen LogP contribution is -2.41. The number of ether oxygens (including phenoxy) is 1. The Morgan fingerprint density at radius 1 is 1.19 bits per heavy atom. The van der Waals surface area contributed by atoms with Gasteiger partial charge in [0.1, 0.15) is 11.6 Å². The van der Waals surface area contributed by atoms with Crippen LogP contribution in [0.1, 0.15) is 30.4 Å². The summed E-state index contributed by atoms with van der Waals surface area (Å²) >= 11 is 0. The third kappa shape index (κ3) is 5.31. The second-order valence-electron chi connectivity index (χ2n) is 6.02. The van der Waals surface area contributed by atoms with Crippen molar-refractivity contribution in [3.63, 3.8) is 0 Å². The summed E-state index contributed by atoms with van der Waals surface area (Å²) in [5.41, 5.74) is 1.44. The zero-order valence-corrected chi connectivity index (χ0v) is 14.7. The first kappa shape index (κ1) is 19.4. The van der Waals surface area contributed by atoms with Crippen molar-refractivity contribution in [1.29, 1.82) is 0 Å². The van der Waals surface area contributed by atoms with Gasteiger partial charge in [-0.3, -0.25) is 9.59 Å². The molecule has 0 aliphatic heterocycles. The molecule has 0 heterocycles. The van der Waals surface area contributed by atoms with E-state index < -0.39 is 23.8 Å². The van der Waals surface area contributed by atoms with Gasteiger partial charge >= 0.3 is 5.97 Å². The highest BCUT2D eigenvalue weighted by atomic mass is 19.1. The standard InChI is InChI=1S/C20H22FNO4/c1-3-18(26-16-6-4-5-13(2)11-16)19(23)22-12-17(20(24)25)14-7-9-15(21)10-8-14/h4-11,17-18H,3,12H2,1-2H3,(H,22,23)(H,24,25). The van der Waals surface area contributed by atoms with Crippen LogP contribution in [0.2, 0.25) is 0 Å². The minimum absolute atomic E-state index is 0.104. The van der Waals surface area contributed by atoms with Gasteiger partial charge in [-0.25, -0.2) is 4.39 Å². The second kappa shape index (κ2) is 8.99. The molecule has 0 bridgehead atoms. The smallest absolute Gasteiger partial charge is 0.312 e. The van der Waals surface area contributed by atoms with Crippen molar-refractivity contribution >= 4 is 11.9 Å². The number of aliphatic carboxylic acids is 1. The van der Waals surface area contributed by atoms with Gasteiger partial charge in [-0.05, 0) is 48.7 Å². The van der Waals surface area contributed by atoms with Gasteiger partial charge in [0.05, 0.1) is 5.92 Å². The lowest BCUT2D eigenvalue weighted by molar-refractivity contribution is -0.139. The molecule has 6 heteroatoms. The Morgan fingerprint density at radius 3 is 2.46 bits per heavy atom. The Bertz CT molecular complexity index is 761. The average Bonchev–Trinajstić information content (AvgIpc) is 2.61. The fraction of sp³-hybridized carbons (Fsp3) is 0.300. The molecular weight excluding hydrogens is 337 g/mol. The molecule has 0 aromatic heterocycles. The third-order valence-electron chi connectivity index (χ3n) is 3.98. The molecule has 138 valence electrons. The lowest BCUT2D eigenvalue weighted by Gasteiger charge is -2.19. The second-order valence-corrected chi connectivity index (χ2v) is 6.02. The summed E-state index contributed by atoms with van der Waals surface area (Å²) in [6.45, 7) is 3.64. The van der Waals surface area contributed by atoms with Crippen LogP contribution in [0, 0.1) is 12.7 Å². The Morgan fingerprint density at radius 2 is 1.88 bits per heavy atom. The molecule has 26 heavy (non-hydrogen) atoms. The van der Waals surface area contributed by atoms with E-state index in [9.17, 15) is 19.1 Å². The van der Waals surface area contributed by atoms with Crippen LogP contribution in [-0.2, 0) is 9.59 Å². The van der Waals surface area contributed by atoms with Crippen LogP contribution >= 0.6 is 0 Å².